The highest BCUT2D eigenvalue weighted by Crippen LogP contribution is 2.30. The molecular formula is C18H32N2O4. The standard InChI is InChI=1S/C18H32N2O4/c19-11-12-24-16-8-4-14(5-9-16)18(23)20-15-6-1-13(2-7-15)3-10-17(21)22/h13-16H,1-12,19H2,(H,20,23)(H,21,22). The number of hydrogen-bond acceptors (Lipinski definition) is 4. The van der Waals surface area contributed by atoms with Crippen molar-refractivity contribution in [2.45, 2.75) is 76.4 Å². The molecule has 0 saturated heterocycles. The zero-order valence-corrected chi connectivity index (χ0v) is 14.5. The van der Waals surface area contributed by atoms with Crippen LogP contribution in [-0.4, -0.2) is 42.3 Å². The summed E-state index contributed by atoms with van der Waals surface area (Å²) in [6, 6.07) is 0.268. The van der Waals surface area contributed by atoms with Gasteiger partial charge in [0.1, 0.15) is 0 Å². The Bertz CT molecular complexity index is 400. The lowest BCUT2D eigenvalue weighted by molar-refractivity contribution is -0.137. The summed E-state index contributed by atoms with van der Waals surface area (Å²) >= 11 is 0. The van der Waals surface area contributed by atoms with Gasteiger partial charge in [0.15, 0.2) is 0 Å². The zero-order chi connectivity index (χ0) is 17.4. The summed E-state index contributed by atoms with van der Waals surface area (Å²) in [5.41, 5.74) is 5.45. The van der Waals surface area contributed by atoms with Crippen molar-refractivity contribution in [3.63, 3.8) is 0 Å². The summed E-state index contributed by atoms with van der Waals surface area (Å²) in [6.45, 7) is 1.15. The number of hydrogen-bond donors (Lipinski definition) is 3. The van der Waals surface area contributed by atoms with Crippen molar-refractivity contribution in [2.24, 2.45) is 17.6 Å². The van der Waals surface area contributed by atoms with Gasteiger partial charge in [-0.1, -0.05) is 0 Å². The molecule has 6 nitrogen and oxygen atoms in total. The summed E-state index contributed by atoms with van der Waals surface area (Å²) < 4.78 is 5.66. The van der Waals surface area contributed by atoms with Crippen molar-refractivity contribution in [1.29, 1.82) is 0 Å². The Balaban J connectivity index is 1.62. The Morgan fingerprint density at radius 3 is 2.29 bits per heavy atom. The predicted molar refractivity (Wildman–Crippen MR) is 91.5 cm³/mol. The quantitative estimate of drug-likeness (QED) is 0.628. The van der Waals surface area contributed by atoms with E-state index in [4.69, 9.17) is 15.6 Å². The highest BCUT2D eigenvalue weighted by Gasteiger charge is 2.29. The largest absolute Gasteiger partial charge is 0.481 e. The van der Waals surface area contributed by atoms with E-state index in [0.717, 1.165) is 57.8 Å². The molecule has 0 aliphatic heterocycles. The smallest absolute Gasteiger partial charge is 0.303 e. The molecule has 0 unspecified atom stereocenters. The average molecular weight is 340 g/mol. The van der Waals surface area contributed by atoms with E-state index >= 15 is 0 Å². The second kappa shape index (κ2) is 9.99. The van der Waals surface area contributed by atoms with Crippen LogP contribution in [0.15, 0.2) is 0 Å². The maximum Gasteiger partial charge on any atom is 0.303 e. The third-order valence-electron chi connectivity index (χ3n) is 5.48. The van der Waals surface area contributed by atoms with Gasteiger partial charge in [0.2, 0.25) is 5.91 Å². The molecule has 0 aromatic heterocycles. The fraction of sp³-hybridized carbons (Fsp3) is 0.889. The van der Waals surface area contributed by atoms with Gasteiger partial charge >= 0.3 is 5.97 Å². The number of carbonyl (C=O) groups excluding carboxylic acids is 1. The van der Waals surface area contributed by atoms with Gasteiger partial charge in [-0.3, -0.25) is 9.59 Å². The van der Waals surface area contributed by atoms with E-state index < -0.39 is 5.97 Å². The Kier molecular flexibility index (Phi) is 7.99. The molecule has 24 heavy (non-hydrogen) atoms. The van der Waals surface area contributed by atoms with Gasteiger partial charge in [-0.05, 0) is 63.7 Å². The number of ether oxygens (including phenoxy) is 1. The van der Waals surface area contributed by atoms with Crippen molar-refractivity contribution in [3.8, 4) is 0 Å². The van der Waals surface area contributed by atoms with Gasteiger partial charge in [0, 0.05) is 24.9 Å². The first-order chi connectivity index (χ1) is 11.6. The second-order valence-electron chi connectivity index (χ2n) is 7.29. The van der Waals surface area contributed by atoms with Crippen LogP contribution in [0.2, 0.25) is 0 Å². The van der Waals surface area contributed by atoms with E-state index in [1.165, 1.54) is 0 Å². The summed E-state index contributed by atoms with van der Waals surface area (Å²) in [7, 11) is 0. The average Bonchev–Trinajstić information content (AvgIpc) is 2.59. The summed E-state index contributed by atoms with van der Waals surface area (Å²) in [6.07, 6.45) is 8.98. The highest BCUT2D eigenvalue weighted by atomic mass is 16.5. The Labute approximate surface area is 144 Å². The third-order valence-corrected chi connectivity index (χ3v) is 5.48. The van der Waals surface area contributed by atoms with Crippen LogP contribution < -0.4 is 11.1 Å². The van der Waals surface area contributed by atoms with Crippen LogP contribution in [0.5, 0.6) is 0 Å². The maximum absolute atomic E-state index is 12.4. The molecular weight excluding hydrogens is 308 g/mol. The maximum atomic E-state index is 12.4. The number of carboxylic acids is 1. The molecule has 2 aliphatic carbocycles. The highest BCUT2D eigenvalue weighted by molar-refractivity contribution is 5.79. The number of carbonyl (C=O) groups is 2. The molecule has 6 heteroatoms. The number of aliphatic carboxylic acids is 1. The number of nitrogens with two attached hydrogens (primary N) is 1. The van der Waals surface area contributed by atoms with Gasteiger partial charge < -0.3 is 20.9 Å². The topological polar surface area (TPSA) is 102 Å². The van der Waals surface area contributed by atoms with Gasteiger partial charge in [0.05, 0.1) is 12.7 Å². The molecule has 2 saturated carbocycles. The Hall–Kier alpha value is -1.14. The molecule has 2 rings (SSSR count). The molecule has 0 aromatic rings. The van der Waals surface area contributed by atoms with Gasteiger partial charge in [0.25, 0.3) is 0 Å². The molecule has 1 amide bonds. The van der Waals surface area contributed by atoms with Crippen molar-refractivity contribution < 1.29 is 19.4 Å². The minimum absolute atomic E-state index is 0.118. The molecule has 138 valence electrons. The van der Waals surface area contributed by atoms with E-state index in [0.29, 0.717) is 19.1 Å². The Morgan fingerprint density at radius 1 is 1.04 bits per heavy atom. The fourth-order valence-electron chi connectivity index (χ4n) is 3.97. The lowest BCUT2D eigenvalue weighted by atomic mass is 9.82. The first-order valence-electron chi connectivity index (χ1n) is 9.42. The summed E-state index contributed by atoms with van der Waals surface area (Å²) in [5.74, 6) is 0.106. The molecule has 2 fully saturated rings. The molecule has 2 aliphatic rings. The lowest BCUT2D eigenvalue weighted by Crippen LogP contribution is -2.42. The first-order valence-corrected chi connectivity index (χ1v) is 9.42. The third kappa shape index (κ3) is 6.40. The van der Waals surface area contributed by atoms with Crippen LogP contribution >= 0.6 is 0 Å². The minimum atomic E-state index is -0.712. The molecule has 0 radical (unpaired) electrons. The SMILES string of the molecule is NCCOC1CCC(C(=O)NC2CCC(CCC(=O)O)CC2)CC1. The van der Waals surface area contributed by atoms with E-state index in [-0.39, 0.29) is 30.4 Å². The van der Waals surface area contributed by atoms with Gasteiger partial charge in [-0.25, -0.2) is 0 Å². The van der Waals surface area contributed by atoms with Crippen molar-refractivity contribution >= 4 is 11.9 Å². The van der Waals surface area contributed by atoms with Crippen LogP contribution in [0.3, 0.4) is 0 Å². The normalized spacial score (nSPS) is 30.7. The number of nitrogens with one attached hydrogen (secondary N) is 1. The van der Waals surface area contributed by atoms with Crippen LogP contribution in [0.4, 0.5) is 0 Å². The summed E-state index contributed by atoms with van der Waals surface area (Å²) in [4.78, 5) is 23.1. The van der Waals surface area contributed by atoms with E-state index in [1.54, 1.807) is 0 Å². The van der Waals surface area contributed by atoms with E-state index in [2.05, 4.69) is 5.32 Å². The second-order valence-corrected chi connectivity index (χ2v) is 7.29. The Morgan fingerprint density at radius 2 is 1.71 bits per heavy atom. The molecule has 0 atom stereocenters. The molecule has 0 spiro atoms. The van der Waals surface area contributed by atoms with Crippen molar-refractivity contribution in [2.75, 3.05) is 13.2 Å². The molecule has 0 heterocycles. The van der Waals surface area contributed by atoms with Gasteiger partial charge in [-0.2, -0.15) is 0 Å². The van der Waals surface area contributed by atoms with Crippen LogP contribution in [-0.2, 0) is 14.3 Å². The summed E-state index contributed by atoms with van der Waals surface area (Å²) in [5, 5.41) is 12.0. The fourth-order valence-corrected chi connectivity index (χ4v) is 3.97. The molecule has 0 aromatic carbocycles. The number of amides is 1. The van der Waals surface area contributed by atoms with E-state index in [1.807, 2.05) is 0 Å². The van der Waals surface area contributed by atoms with Gasteiger partial charge in [-0.15, -0.1) is 0 Å². The van der Waals surface area contributed by atoms with Crippen LogP contribution in [0, 0.1) is 11.8 Å². The monoisotopic (exact) mass is 340 g/mol. The number of rotatable bonds is 8. The molecule has 0 bridgehead atoms. The molecule has 4 N–H and O–H groups in total. The lowest BCUT2D eigenvalue weighted by Gasteiger charge is -2.32. The first kappa shape index (κ1) is 19.2. The van der Waals surface area contributed by atoms with Crippen molar-refractivity contribution in [1.82, 2.24) is 5.32 Å². The van der Waals surface area contributed by atoms with Crippen molar-refractivity contribution in [3.05, 3.63) is 0 Å². The minimum Gasteiger partial charge on any atom is -0.481 e. The van der Waals surface area contributed by atoms with Crippen LogP contribution in [0.25, 0.3) is 0 Å². The van der Waals surface area contributed by atoms with E-state index in [9.17, 15) is 9.59 Å². The zero-order valence-electron chi connectivity index (χ0n) is 14.5. The predicted octanol–water partition coefficient (Wildman–Crippen LogP) is 2.06. The van der Waals surface area contributed by atoms with Crippen LogP contribution in [0.1, 0.15) is 64.2 Å². The number of carboxylic acid groups (broad SMARTS) is 1.